The topological polar surface area (TPSA) is 105 Å². The van der Waals surface area contributed by atoms with Gasteiger partial charge >= 0.3 is 5.97 Å². The van der Waals surface area contributed by atoms with Crippen LogP contribution in [-0.4, -0.2) is 45.3 Å². The second-order valence-electron chi connectivity index (χ2n) is 4.75. The van der Waals surface area contributed by atoms with Crippen LogP contribution in [0.5, 0.6) is 0 Å². The quantitative estimate of drug-likeness (QED) is 0.712. The van der Waals surface area contributed by atoms with Crippen molar-refractivity contribution in [3.8, 4) is 0 Å². The molecule has 2 atom stereocenters. The molecule has 1 aromatic rings. The van der Waals surface area contributed by atoms with Crippen molar-refractivity contribution < 1.29 is 23.1 Å². The number of sulfonamides is 1. The lowest BCUT2D eigenvalue weighted by atomic mass is 10.2. The van der Waals surface area contributed by atoms with Crippen molar-refractivity contribution in [2.75, 3.05) is 18.9 Å². The largest absolute Gasteiger partial charge is 0.479 e. The Hall–Kier alpha value is -1.64. The highest BCUT2D eigenvalue weighted by atomic mass is 32.2. The second-order valence-corrected chi connectivity index (χ2v) is 6.60. The van der Waals surface area contributed by atoms with Gasteiger partial charge in [-0.25, -0.2) is 17.9 Å². The second kappa shape index (κ2) is 6.42. The minimum Gasteiger partial charge on any atom is -0.479 e. The Labute approximate surface area is 123 Å². The van der Waals surface area contributed by atoms with Gasteiger partial charge in [0.1, 0.15) is 4.90 Å². The van der Waals surface area contributed by atoms with Crippen LogP contribution in [0, 0.1) is 0 Å². The number of anilines is 1. The van der Waals surface area contributed by atoms with Crippen molar-refractivity contribution in [2.45, 2.75) is 29.9 Å². The van der Waals surface area contributed by atoms with E-state index in [4.69, 9.17) is 9.84 Å². The first-order valence-electron chi connectivity index (χ1n) is 6.59. The van der Waals surface area contributed by atoms with Gasteiger partial charge in [0.15, 0.2) is 6.10 Å². The van der Waals surface area contributed by atoms with E-state index in [0.717, 1.165) is 0 Å². The molecular formula is C13H18N2O5S. The van der Waals surface area contributed by atoms with E-state index in [2.05, 4.69) is 10.0 Å². The molecule has 2 unspecified atom stereocenters. The molecule has 2 rings (SSSR count). The molecule has 116 valence electrons. The molecule has 0 amide bonds. The lowest BCUT2D eigenvalue weighted by Crippen LogP contribution is -2.25. The number of carboxylic acids is 1. The number of aliphatic carboxylic acids is 1. The number of hydrogen-bond acceptors (Lipinski definition) is 5. The van der Waals surface area contributed by atoms with Crippen LogP contribution in [0.1, 0.15) is 12.8 Å². The molecule has 1 heterocycles. The number of nitrogens with one attached hydrogen (secondary N) is 2. The molecule has 1 aliphatic rings. The third-order valence-corrected chi connectivity index (χ3v) is 4.82. The van der Waals surface area contributed by atoms with Crippen molar-refractivity contribution in [3.05, 3.63) is 24.3 Å². The fourth-order valence-electron chi connectivity index (χ4n) is 2.22. The van der Waals surface area contributed by atoms with E-state index < -0.39 is 22.1 Å². The predicted octanol–water partition coefficient (Wildman–Crippen LogP) is 0.639. The van der Waals surface area contributed by atoms with Gasteiger partial charge in [0.25, 0.3) is 0 Å². The first kappa shape index (κ1) is 15.7. The number of ether oxygens (including phenoxy) is 1. The lowest BCUT2D eigenvalue weighted by molar-refractivity contribution is -0.149. The summed E-state index contributed by atoms with van der Waals surface area (Å²) in [4.78, 5) is 11.0. The summed E-state index contributed by atoms with van der Waals surface area (Å²) in [6, 6.07) is 6.53. The molecule has 0 aromatic heterocycles. The Morgan fingerprint density at radius 1 is 1.38 bits per heavy atom. The number of rotatable bonds is 6. The standard InChI is InChI=1S/C13H18N2O5S/c1-14-21(18,19)12-5-3-2-4-10(12)15-8-9-6-7-11(20-9)13(16)17/h2-5,9,11,14-15H,6-8H2,1H3,(H,16,17). The molecule has 1 aromatic carbocycles. The van der Waals surface area contributed by atoms with Crippen LogP contribution in [0.3, 0.4) is 0 Å². The maximum Gasteiger partial charge on any atom is 0.332 e. The van der Waals surface area contributed by atoms with Crippen LogP contribution in [0.2, 0.25) is 0 Å². The number of benzene rings is 1. The molecule has 1 fully saturated rings. The zero-order valence-electron chi connectivity index (χ0n) is 11.6. The van der Waals surface area contributed by atoms with E-state index in [1.165, 1.54) is 13.1 Å². The first-order valence-corrected chi connectivity index (χ1v) is 8.07. The molecule has 1 aliphatic heterocycles. The fourth-order valence-corrected chi connectivity index (χ4v) is 3.13. The van der Waals surface area contributed by atoms with Gasteiger partial charge in [0.2, 0.25) is 10.0 Å². The molecule has 21 heavy (non-hydrogen) atoms. The van der Waals surface area contributed by atoms with Crippen molar-refractivity contribution in [1.29, 1.82) is 0 Å². The van der Waals surface area contributed by atoms with E-state index in [1.807, 2.05) is 0 Å². The van der Waals surface area contributed by atoms with Gasteiger partial charge in [-0.1, -0.05) is 12.1 Å². The van der Waals surface area contributed by atoms with Gasteiger partial charge in [-0.15, -0.1) is 0 Å². The summed E-state index contributed by atoms with van der Waals surface area (Å²) in [5.74, 6) is -0.962. The van der Waals surface area contributed by atoms with Crippen LogP contribution >= 0.6 is 0 Å². The Morgan fingerprint density at radius 3 is 2.71 bits per heavy atom. The molecule has 7 nitrogen and oxygen atoms in total. The Morgan fingerprint density at radius 2 is 2.10 bits per heavy atom. The Kier molecular flexibility index (Phi) is 4.81. The third kappa shape index (κ3) is 3.72. The monoisotopic (exact) mass is 314 g/mol. The molecule has 1 saturated heterocycles. The van der Waals surface area contributed by atoms with Crippen LogP contribution in [0.4, 0.5) is 5.69 Å². The zero-order valence-corrected chi connectivity index (χ0v) is 12.4. The Bertz CT molecular complexity index is 617. The average molecular weight is 314 g/mol. The van der Waals surface area contributed by atoms with Crippen LogP contribution < -0.4 is 10.0 Å². The summed E-state index contributed by atoms with van der Waals surface area (Å²) < 4.78 is 31.4. The average Bonchev–Trinajstić information content (AvgIpc) is 2.94. The summed E-state index contributed by atoms with van der Waals surface area (Å²) in [7, 11) is -2.20. The van der Waals surface area contributed by atoms with Gasteiger partial charge in [-0.2, -0.15) is 0 Å². The van der Waals surface area contributed by atoms with E-state index in [1.54, 1.807) is 18.2 Å². The van der Waals surface area contributed by atoms with Gasteiger partial charge in [-0.3, -0.25) is 0 Å². The number of hydrogen-bond donors (Lipinski definition) is 3. The number of para-hydroxylation sites is 1. The molecule has 0 bridgehead atoms. The molecule has 0 spiro atoms. The maximum absolute atomic E-state index is 11.9. The molecule has 3 N–H and O–H groups in total. The van der Waals surface area contributed by atoms with Crippen LogP contribution in [0.15, 0.2) is 29.2 Å². The molecular weight excluding hydrogens is 296 g/mol. The van der Waals surface area contributed by atoms with Crippen molar-refractivity contribution in [3.63, 3.8) is 0 Å². The van der Waals surface area contributed by atoms with Gasteiger partial charge < -0.3 is 15.2 Å². The van der Waals surface area contributed by atoms with E-state index in [-0.39, 0.29) is 11.0 Å². The minimum atomic E-state index is -3.55. The lowest BCUT2D eigenvalue weighted by Gasteiger charge is -2.15. The third-order valence-electron chi connectivity index (χ3n) is 3.35. The highest BCUT2D eigenvalue weighted by Crippen LogP contribution is 2.23. The highest BCUT2D eigenvalue weighted by molar-refractivity contribution is 7.89. The van der Waals surface area contributed by atoms with Crippen molar-refractivity contribution in [2.24, 2.45) is 0 Å². The molecule has 0 saturated carbocycles. The molecule has 0 aliphatic carbocycles. The summed E-state index contributed by atoms with van der Waals surface area (Å²) in [5.41, 5.74) is 0.467. The minimum absolute atomic E-state index is 0.153. The van der Waals surface area contributed by atoms with Crippen LogP contribution in [-0.2, 0) is 19.6 Å². The number of carboxylic acid groups (broad SMARTS) is 1. The van der Waals surface area contributed by atoms with Crippen LogP contribution in [0.25, 0.3) is 0 Å². The highest BCUT2D eigenvalue weighted by Gasteiger charge is 2.30. The molecule has 8 heteroatoms. The van der Waals surface area contributed by atoms with E-state index >= 15 is 0 Å². The fraction of sp³-hybridized carbons (Fsp3) is 0.462. The summed E-state index contributed by atoms with van der Waals surface area (Å²) in [5, 5.41) is 11.9. The Balaban J connectivity index is 2.03. The van der Waals surface area contributed by atoms with Gasteiger partial charge in [0.05, 0.1) is 11.8 Å². The normalized spacial score (nSPS) is 22.1. The SMILES string of the molecule is CNS(=O)(=O)c1ccccc1NCC1CCC(C(=O)O)O1. The van der Waals surface area contributed by atoms with E-state index in [9.17, 15) is 13.2 Å². The van der Waals surface area contributed by atoms with Gasteiger partial charge in [0, 0.05) is 6.54 Å². The van der Waals surface area contributed by atoms with Gasteiger partial charge in [-0.05, 0) is 32.0 Å². The van der Waals surface area contributed by atoms with E-state index in [0.29, 0.717) is 25.1 Å². The predicted molar refractivity (Wildman–Crippen MR) is 76.7 cm³/mol. The summed E-state index contributed by atoms with van der Waals surface area (Å²) in [6.07, 6.45) is 0.0906. The smallest absolute Gasteiger partial charge is 0.332 e. The first-order chi connectivity index (χ1) is 9.94. The summed E-state index contributed by atoms with van der Waals surface area (Å²) >= 11 is 0. The van der Waals surface area contributed by atoms with Crippen molar-refractivity contribution in [1.82, 2.24) is 4.72 Å². The summed E-state index contributed by atoms with van der Waals surface area (Å²) in [6.45, 7) is 0.361. The maximum atomic E-state index is 11.9. The number of carbonyl (C=O) groups is 1. The zero-order chi connectivity index (χ0) is 15.5. The van der Waals surface area contributed by atoms with Crippen molar-refractivity contribution >= 4 is 21.7 Å². The molecule has 0 radical (unpaired) electrons.